The molecule has 3 heterocycles. The van der Waals surface area contributed by atoms with E-state index < -0.39 is 0 Å². The second-order valence-corrected chi connectivity index (χ2v) is 7.64. The Hall–Kier alpha value is -3.13. The molecule has 0 radical (unpaired) electrons. The SMILES string of the molecule is CC1CCCCN1c1cc(Oc2ccccc2)nc(NC(=S)NCc2ccco2)n1. The summed E-state index contributed by atoms with van der Waals surface area (Å²) in [7, 11) is 0. The third kappa shape index (κ3) is 5.27. The summed E-state index contributed by atoms with van der Waals surface area (Å²) in [5.74, 6) is 3.22. The van der Waals surface area contributed by atoms with Crippen molar-refractivity contribution in [2.75, 3.05) is 16.8 Å². The van der Waals surface area contributed by atoms with Crippen LogP contribution in [-0.4, -0.2) is 27.7 Å². The number of hydrogen-bond donors (Lipinski definition) is 2. The molecule has 0 amide bonds. The summed E-state index contributed by atoms with van der Waals surface area (Å²) in [6.45, 7) is 3.67. The van der Waals surface area contributed by atoms with E-state index in [9.17, 15) is 0 Å². The zero-order valence-corrected chi connectivity index (χ0v) is 17.7. The van der Waals surface area contributed by atoms with E-state index in [1.807, 2.05) is 48.5 Å². The summed E-state index contributed by atoms with van der Waals surface area (Å²) in [6, 6.07) is 15.6. The number of ether oxygens (including phenoxy) is 1. The van der Waals surface area contributed by atoms with Gasteiger partial charge in [-0.15, -0.1) is 0 Å². The first-order valence-corrected chi connectivity index (χ1v) is 10.5. The molecular weight excluding hydrogens is 398 g/mol. The Morgan fingerprint density at radius 3 is 2.83 bits per heavy atom. The zero-order valence-electron chi connectivity index (χ0n) is 16.9. The van der Waals surface area contributed by atoms with Gasteiger partial charge in [0.05, 0.1) is 12.8 Å². The van der Waals surface area contributed by atoms with Crippen molar-refractivity contribution >= 4 is 29.1 Å². The second-order valence-electron chi connectivity index (χ2n) is 7.23. The van der Waals surface area contributed by atoms with Crippen molar-refractivity contribution < 1.29 is 9.15 Å². The molecule has 1 aliphatic heterocycles. The number of anilines is 2. The fourth-order valence-corrected chi connectivity index (χ4v) is 3.61. The molecule has 1 saturated heterocycles. The molecule has 1 aliphatic rings. The van der Waals surface area contributed by atoms with Gasteiger partial charge in [0.25, 0.3) is 0 Å². The van der Waals surface area contributed by atoms with Crippen molar-refractivity contribution in [3.8, 4) is 11.6 Å². The van der Waals surface area contributed by atoms with Crippen LogP contribution in [0.5, 0.6) is 11.6 Å². The Labute approximate surface area is 181 Å². The number of piperidine rings is 1. The maximum Gasteiger partial charge on any atom is 0.234 e. The number of thiocarbonyl (C=S) groups is 1. The van der Waals surface area contributed by atoms with E-state index in [1.165, 1.54) is 6.42 Å². The van der Waals surface area contributed by atoms with E-state index in [0.29, 0.717) is 29.5 Å². The van der Waals surface area contributed by atoms with Crippen LogP contribution in [-0.2, 0) is 6.54 Å². The first-order chi connectivity index (χ1) is 14.7. The number of nitrogens with zero attached hydrogens (tertiary/aromatic N) is 3. The van der Waals surface area contributed by atoms with Gasteiger partial charge in [-0.05, 0) is 62.7 Å². The molecule has 0 aliphatic carbocycles. The van der Waals surface area contributed by atoms with Gasteiger partial charge in [-0.3, -0.25) is 0 Å². The number of para-hydroxylation sites is 1. The van der Waals surface area contributed by atoms with Crippen LogP contribution < -0.4 is 20.3 Å². The number of aromatic nitrogens is 2. The summed E-state index contributed by atoms with van der Waals surface area (Å²) >= 11 is 5.41. The fraction of sp³-hybridized carbons (Fsp3) is 0.318. The summed E-state index contributed by atoms with van der Waals surface area (Å²) in [5.41, 5.74) is 0. The highest BCUT2D eigenvalue weighted by Crippen LogP contribution is 2.28. The van der Waals surface area contributed by atoms with Gasteiger partial charge in [0.1, 0.15) is 17.3 Å². The fourth-order valence-electron chi connectivity index (χ4n) is 3.44. The Balaban J connectivity index is 1.53. The van der Waals surface area contributed by atoms with E-state index in [-0.39, 0.29) is 0 Å². The maximum atomic E-state index is 5.99. The van der Waals surface area contributed by atoms with Gasteiger partial charge in [-0.2, -0.15) is 9.97 Å². The van der Waals surface area contributed by atoms with Gasteiger partial charge >= 0.3 is 0 Å². The second kappa shape index (κ2) is 9.58. The molecule has 8 heteroatoms. The minimum Gasteiger partial charge on any atom is -0.467 e. The van der Waals surface area contributed by atoms with E-state index in [1.54, 1.807) is 6.26 Å². The smallest absolute Gasteiger partial charge is 0.234 e. The van der Waals surface area contributed by atoms with Gasteiger partial charge in [-0.25, -0.2) is 0 Å². The largest absolute Gasteiger partial charge is 0.467 e. The Kier molecular flexibility index (Phi) is 6.44. The van der Waals surface area contributed by atoms with Gasteiger partial charge < -0.3 is 24.7 Å². The lowest BCUT2D eigenvalue weighted by Gasteiger charge is -2.34. The molecule has 1 aromatic carbocycles. The molecule has 1 fully saturated rings. The first kappa shape index (κ1) is 20.2. The molecule has 30 heavy (non-hydrogen) atoms. The molecule has 4 rings (SSSR count). The van der Waals surface area contributed by atoms with Crippen LogP contribution in [0.15, 0.2) is 59.2 Å². The average Bonchev–Trinajstić information content (AvgIpc) is 3.27. The zero-order chi connectivity index (χ0) is 20.8. The monoisotopic (exact) mass is 423 g/mol. The van der Waals surface area contributed by atoms with Gasteiger partial charge in [0.2, 0.25) is 11.8 Å². The van der Waals surface area contributed by atoms with Crippen molar-refractivity contribution in [3.05, 3.63) is 60.6 Å². The Bertz CT molecular complexity index is 965. The average molecular weight is 424 g/mol. The molecule has 0 bridgehead atoms. The van der Waals surface area contributed by atoms with Crippen molar-refractivity contribution in [3.63, 3.8) is 0 Å². The van der Waals surface area contributed by atoms with Crippen molar-refractivity contribution in [2.24, 2.45) is 0 Å². The minimum absolute atomic E-state index is 0.396. The number of furan rings is 1. The summed E-state index contributed by atoms with van der Waals surface area (Å²) in [5, 5.41) is 6.59. The predicted molar refractivity (Wildman–Crippen MR) is 121 cm³/mol. The van der Waals surface area contributed by atoms with Crippen molar-refractivity contribution in [1.29, 1.82) is 0 Å². The van der Waals surface area contributed by atoms with Crippen LogP contribution in [0.25, 0.3) is 0 Å². The predicted octanol–water partition coefficient (Wildman–Crippen LogP) is 4.73. The maximum absolute atomic E-state index is 5.99. The summed E-state index contributed by atoms with van der Waals surface area (Å²) < 4.78 is 11.3. The molecule has 0 spiro atoms. The molecule has 156 valence electrons. The standard InChI is InChI=1S/C22H25N5O2S/c1-16-8-5-6-12-27(16)19-14-20(29-17-9-3-2-4-10-17)25-21(24-19)26-22(30)23-15-18-11-7-13-28-18/h2-4,7,9-11,13-14,16H,5-6,8,12,15H2,1H3,(H2,23,24,25,26,30). The van der Waals surface area contributed by atoms with Gasteiger partial charge in [-0.1, -0.05) is 18.2 Å². The third-order valence-corrected chi connectivity index (χ3v) is 5.23. The van der Waals surface area contributed by atoms with Crippen LogP contribution in [0.1, 0.15) is 31.9 Å². The van der Waals surface area contributed by atoms with Gasteiger partial charge in [0.15, 0.2) is 5.11 Å². The van der Waals surface area contributed by atoms with Crippen molar-refractivity contribution in [1.82, 2.24) is 15.3 Å². The van der Waals surface area contributed by atoms with Crippen LogP contribution in [0, 0.1) is 0 Å². The van der Waals surface area contributed by atoms with E-state index in [4.69, 9.17) is 26.4 Å². The highest BCUT2D eigenvalue weighted by atomic mass is 32.1. The summed E-state index contributed by atoms with van der Waals surface area (Å²) in [6.07, 6.45) is 5.16. The minimum atomic E-state index is 0.396. The van der Waals surface area contributed by atoms with E-state index in [2.05, 4.69) is 27.4 Å². The molecule has 0 saturated carbocycles. The Morgan fingerprint density at radius 1 is 1.20 bits per heavy atom. The van der Waals surface area contributed by atoms with Crippen LogP contribution in [0.2, 0.25) is 0 Å². The molecular formula is C22H25N5O2S. The topological polar surface area (TPSA) is 75.5 Å². The van der Waals surface area contributed by atoms with Crippen LogP contribution in [0.4, 0.5) is 11.8 Å². The molecule has 2 aromatic heterocycles. The molecule has 7 nitrogen and oxygen atoms in total. The van der Waals surface area contributed by atoms with E-state index >= 15 is 0 Å². The van der Waals surface area contributed by atoms with Crippen LogP contribution >= 0.6 is 12.2 Å². The lowest BCUT2D eigenvalue weighted by Crippen LogP contribution is -2.38. The lowest BCUT2D eigenvalue weighted by atomic mass is 10.0. The van der Waals surface area contributed by atoms with Crippen LogP contribution in [0.3, 0.4) is 0 Å². The highest BCUT2D eigenvalue weighted by molar-refractivity contribution is 7.80. The number of rotatable bonds is 6. The van der Waals surface area contributed by atoms with Crippen molar-refractivity contribution in [2.45, 2.75) is 38.8 Å². The van der Waals surface area contributed by atoms with Gasteiger partial charge in [0, 0.05) is 18.7 Å². The first-order valence-electron chi connectivity index (χ1n) is 10.1. The quantitative estimate of drug-likeness (QED) is 0.551. The molecule has 1 atom stereocenters. The normalized spacial score (nSPS) is 16.2. The number of benzene rings is 1. The summed E-state index contributed by atoms with van der Waals surface area (Å²) in [4.78, 5) is 11.5. The lowest BCUT2D eigenvalue weighted by molar-refractivity contribution is 0.457. The molecule has 2 N–H and O–H groups in total. The third-order valence-electron chi connectivity index (χ3n) is 4.98. The number of hydrogen-bond acceptors (Lipinski definition) is 6. The highest BCUT2D eigenvalue weighted by Gasteiger charge is 2.21. The molecule has 1 unspecified atom stereocenters. The number of nitrogens with one attached hydrogen (secondary N) is 2. The van der Waals surface area contributed by atoms with E-state index in [0.717, 1.165) is 36.7 Å². The Morgan fingerprint density at radius 2 is 2.07 bits per heavy atom. The molecule has 3 aromatic rings.